The molecule has 0 spiro atoms. The Morgan fingerprint density at radius 3 is 2.88 bits per heavy atom. The van der Waals surface area contributed by atoms with Crippen LogP contribution in [0.4, 0.5) is 5.82 Å². The van der Waals surface area contributed by atoms with Gasteiger partial charge in [0.2, 0.25) is 0 Å². The number of rotatable bonds is 3. The average molecular weight is 223 g/mol. The van der Waals surface area contributed by atoms with Crippen LogP contribution in [0.1, 0.15) is 32.1 Å². The minimum absolute atomic E-state index is 0.187. The maximum Gasteiger partial charge on any atom is 0.252 e. The van der Waals surface area contributed by atoms with Crippen molar-refractivity contribution in [2.75, 3.05) is 11.9 Å². The van der Waals surface area contributed by atoms with Gasteiger partial charge in [-0.05, 0) is 12.8 Å². The first kappa shape index (κ1) is 11.1. The van der Waals surface area contributed by atoms with Gasteiger partial charge in [0.25, 0.3) is 5.56 Å². The summed E-state index contributed by atoms with van der Waals surface area (Å²) in [4.78, 5) is 17.5. The van der Waals surface area contributed by atoms with Crippen molar-refractivity contribution in [3.63, 3.8) is 0 Å². The van der Waals surface area contributed by atoms with E-state index in [1.807, 2.05) is 0 Å². The normalized spacial score (nSPS) is 19.3. The second-order valence-electron chi connectivity index (χ2n) is 4.43. The van der Waals surface area contributed by atoms with Crippen LogP contribution in [0.2, 0.25) is 0 Å². The number of anilines is 1. The van der Waals surface area contributed by atoms with Crippen LogP contribution >= 0.6 is 0 Å². The first-order chi connectivity index (χ1) is 7.68. The Labute approximate surface area is 93.9 Å². The maximum absolute atomic E-state index is 11.0. The zero-order valence-corrected chi connectivity index (χ0v) is 9.20. The largest absolute Gasteiger partial charge is 0.388 e. The Balaban J connectivity index is 1.93. The summed E-state index contributed by atoms with van der Waals surface area (Å²) in [6, 6.07) is 1.40. The van der Waals surface area contributed by atoms with Crippen LogP contribution in [0.15, 0.2) is 17.2 Å². The monoisotopic (exact) mass is 223 g/mol. The lowest BCUT2D eigenvalue weighted by Crippen LogP contribution is -2.39. The molecule has 1 aromatic heterocycles. The fourth-order valence-corrected chi connectivity index (χ4v) is 2.11. The number of hydrogen-bond acceptors (Lipinski definition) is 4. The van der Waals surface area contributed by atoms with E-state index < -0.39 is 5.60 Å². The third-order valence-corrected chi connectivity index (χ3v) is 3.06. The van der Waals surface area contributed by atoms with Crippen LogP contribution < -0.4 is 10.9 Å². The van der Waals surface area contributed by atoms with Crippen LogP contribution in [0.25, 0.3) is 0 Å². The Kier molecular flexibility index (Phi) is 3.24. The molecule has 0 atom stereocenters. The van der Waals surface area contributed by atoms with Crippen molar-refractivity contribution in [2.45, 2.75) is 37.7 Å². The van der Waals surface area contributed by atoms with E-state index in [1.54, 1.807) is 0 Å². The van der Waals surface area contributed by atoms with Crippen molar-refractivity contribution in [3.05, 3.63) is 22.7 Å². The van der Waals surface area contributed by atoms with Crippen LogP contribution in [-0.2, 0) is 0 Å². The molecule has 1 saturated carbocycles. The molecule has 0 saturated heterocycles. The summed E-state index contributed by atoms with van der Waals surface area (Å²) in [5, 5.41) is 13.2. The molecule has 2 rings (SSSR count). The Morgan fingerprint density at radius 1 is 1.44 bits per heavy atom. The van der Waals surface area contributed by atoms with Gasteiger partial charge in [0, 0.05) is 12.6 Å². The number of aromatic nitrogens is 2. The second-order valence-corrected chi connectivity index (χ2v) is 4.43. The molecule has 0 aromatic carbocycles. The van der Waals surface area contributed by atoms with E-state index in [4.69, 9.17) is 0 Å². The SMILES string of the molecule is O=c1cc(NCC2(O)CCCCC2)nc[nH]1. The molecule has 0 bridgehead atoms. The van der Waals surface area contributed by atoms with Crippen molar-refractivity contribution >= 4 is 5.82 Å². The van der Waals surface area contributed by atoms with Crippen molar-refractivity contribution < 1.29 is 5.11 Å². The van der Waals surface area contributed by atoms with Crippen molar-refractivity contribution in [1.82, 2.24) is 9.97 Å². The number of aliphatic hydroxyl groups is 1. The highest BCUT2D eigenvalue weighted by atomic mass is 16.3. The van der Waals surface area contributed by atoms with Gasteiger partial charge in [0.05, 0.1) is 11.9 Å². The van der Waals surface area contributed by atoms with Gasteiger partial charge in [-0.3, -0.25) is 4.79 Å². The lowest BCUT2D eigenvalue weighted by molar-refractivity contribution is 0.0166. The zero-order chi connectivity index (χ0) is 11.4. The number of nitrogens with one attached hydrogen (secondary N) is 2. The van der Waals surface area contributed by atoms with E-state index in [2.05, 4.69) is 15.3 Å². The van der Waals surface area contributed by atoms with E-state index >= 15 is 0 Å². The van der Waals surface area contributed by atoms with Gasteiger partial charge in [-0.25, -0.2) is 4.98 Å². The van der Waals surface area contributed by atoms with Gasteiger partial charge >= 0.3 is 0 Å². The van der Waals surface area contributed by atoms with Crippen LogP contribution in [0, 0.1) is 0 Å². The molecular weight excluding hydrogens is 206 g/mol. The van der Waals surface area contributed by atoms with Crippen molar-refractivity contribution in [2.24, 2.45) is 0 Å². The quantitative estimate of drug-likeness (QED) is 0.710. The van der Waals surface area contributed by atoms with Gasteiger partial charge < -0.3 is 15.4 Å². The molecular formula is C11H17N3O2. The van der Waals surface area contributed by atoms with E-state index in [1.165, 1.54) is 18.8 Å². The van der Waals surface area contributed by atoms with Crippen molar-refractivity contribution in [3.8, 4) is 0 Å². The highest BCUT2D eigenvalue weighted by Gasteiger charge is 2.28. The maximum atomic E-state index is 11.0. The molecule has 3 N–H and O–H groups in total. The molecule has 1 heterocycles. The predicted molar refractivity (Wildman–Crippen MR) is 61.4 cm³/mol. The lowest BCUT2D eigenvalue weighted by Gasteiger charge is -2.32. The number of nitrogens with zero attached hydrogens (tertiary/aromatic N) is 1. The summed E-state index contributed by atoms with van der Waals surface area (Å²) in [5.41, 5.74) is -0.823. The third kappa shape index (κ3) is 2.82. The minimum atomic E-state index is -0.636. The first-order valence-corrected chi connectivity index (χ1v) is 5.69. The number of aromatic amines is 1. The molecule has 16 heavy (non-hydrogen) atoms. The van der Waals surface area contributed by atoms with Gasteiger partial charge in [-0.1, -0.05) is 19.3 Å². The average Bonchev–Trinajstić information content (AvgIpc) is 2.28. The van der Waals surface area contributed by atoms with Gasteiger partial charge in [-0.2, -0.15) is 0 Å². The molecule has 0 unspecified atom stereocenters. The summed E-state index contributed by atoms with van der Waals surface area (Å²) in [7, 11) is 0. The molecule has 5 nitrogen and oxygen atoms in total. The summed E-state index contributed by atoms with van der Waals surface area (Å²) < 4.78 is 0. The minimum Gasteiger partial charge on any atom is -0.388 e. The Bertz CT molecular complexity index is 396. The summed E-state index contributed by atoms with van der Waals surface area (Å²) in [5.74, 6) is 0.516. The molecule has 0 aliphatic heterocycles. The second kappa shape index (κ2) is 4.65. The standard InChI is InChI=1S/C11H17N3O2/c15-10-6-9(13-8-14-10)12-7-11(16)4-2-1-3-5-11/h6,8,16H,1-5,7H2,(H2,12,13,14,15). The highest BCUT2D eigenvalue weighted by molar-refractivity contribution is 5.32. The number of H-pyrrole nitrogens is 1. The lowest BCUT2D eigenvalue weighted by atomic mass is 9.85. The van der Waals surface area contributed by atoms with Crippen LogP contribution in [-0.4, -0.2) is 27.2 Å². The molecule has 0 radical (unpaired) electrons. The van der Waals surface area contributed by atoms with Crippen LogP contribution in [0.3, 0.4) is 0 Å². The fourth-order valence-electron chi connectivity index (χ4n) is 2.11. The van der Waals surface area contributed by atoms with E-state index in [0.29, 0.717) is 12.4 Å². The molecule has 88 valence electrons. The van der Waals surface area contributed by atoms with E-state index in [9.17, 15) is 9.90 Å². The third-order valence-electron chi connectivity index (χ3n) is 3.06. The van der Waals surface area contributed by atoms with E-state index in [-0.39, 0.29) is 5.56 Å². The first-order valence-electron chi connectivity index (χ1n) is 5.69. The smallest absolute Gasteiger partial charge is 0.252 e. The van der Waals surface area contributed by atoms with Gasteiger partial charge in [0.1, 0.15) is 5.82 Å². The van der Waals surface area contributed by atoms with Gasteiger partial charge in [-0.15, -0.1) is 0 Å². The molecule has 5 heteroatoms. The zero-order valence-electron chi connectivity index (χ0n) is 9.20. The van der Waals surface area contributed by atoms with Gasteiger partial charge in [0.15, 0.2) is 0 Å². The molecule has 0 amide bonds. The Hall–Kier alpha value is -1.36. The Morgan fingerprint density at radius 2 is 2.19 bits per heavy atom. The molecule has 1 aliphatic rings. The van der Waals surface area contributed by atoms with E-state index in [0.717, 1.165) is 25.7 Å². The summed E-state index contributed by atoms with van der Waals surface area (Å²) >= 11 is 0. The molecule has 1 fully saturated rings. The molecule has 1 aliphatic carbocycles. The highest BCUT2D eigenvalue weighted by Crippen LogP contribution is 2.27. The topological polar surface area (TPSA) is 78.0 Å². The fraction of sp³-hybridized carbons (Fsp3) is 0.636. The summed E-state index contributed by atoms with van der Waals surface area (Å²) in [6.07, 6.45) is 6.34. The summed E-state index contributed by atoms with van der Waals surface area (Å²) in [6.45, 7) is 0.462. The van der Waals surface area contributed by atoms with Crippen molar-refractivity contribution in [1.29, 1.82) is 0 Å². The number of hydrogen-bond donors (Lipinski definition) is 3. The predicted octanol–water partition coefficient (Wildman–Crippen LogP) is 0.877. The van der Waals surface area contributed by atoms with Crippen LogP contribution in [0.5, 0.6) is 0 Å². The molecule has 1 aromatic rings.